The molecule has 5 rings (SSSR count). The van der Waals surface area contributed by atoms with Gasteiger partial charge in [0, 0.05) is 28.8 Å². The first kappa shape index (κ1) is 20.1. The molecule has 0 aliphatic carbocycles. The Kier molecular flexibility index (Phi) is 5.08. The number of rotatable bonds is 5. The van der Waals surface area contributed by atoms with Crippen molar-refractivity contribution in [2.45, 2.75) is 0 Å². The van der Waals surface area contributed by atoms with Crippen LogP contribution in [0.1, 0.15) is 11.1 Å². The summed E-state index contributed by atoms with van der Waals surface area (Å²) in [7, 11) is 0. The van der Waals surface area contributed by atoms with Gasteiger partial charge in [0.1, 0.15) is 0 Å². The monoisotopic (exact) mass is 437 g/mol. The van der Waals surface area contributed by atoms with Gasteiger partial charge in [-0.05, 0) is 35.9 Å². The number of hydrogen-bond acceptors (Lipinski definition) is 6. The number of amides is 1. The zero-order chi connectivity index (χ0) is 22.8. The number of benzene rings is 3. The summed E-state index contributed by atoms with van der Waals surface area (Å²) in [6, 6.07) is 22.6. The van der Waals surface area contributed by atoms with E-state index in [-0.39, 0.29) is 17.3 Å². The van der Waals surface area contributed by atoms with Crippen LogP contribution in [0.3, 0.4) is 0 Å². The van der Waals surface area contributed by atoms with Gasteiger partial charge in [-0.3, -0.25) is 14.9 Å². The molecule has 33 heavy (non-hydrogen) atoms. The molecule has 0 unspecified atom stereocenters. The maximum absolute atomic E-state index is 12.2. The SMILES string of the molecule is O=C1N=C(c2ccc([N+](=O)[O-])cc2)OC1=Cc1ccc(-c2ncc(-c3ccccc3)o2)cc1. The molecule has 0 saturated carbocycles. The third-order valence-electron chi connectivity index (χ3n) is 4.96. The molecule has 1 aromatic heterocycles. The van der Waals surface area contributed by atoms with Crippen molar-refractivity contribution >= 4 is 23.6 Å². The van der Waals surface area contributed by atoms with Crippen molar-refractivity contribution in [1.82, 2.24) is 4.98 Å². The Morgan fingerprint density at radius 2 is 1.55 bits per heavy atom. The molecular formula is C25H15N3O5. The predicted octanol–water partition coefficient (Wildman–Crippen LogP) is 5.26. The standard InChI is InChI=1S/C25H15N3O5/c29-23-21(32-25(27-23)19-10-12-20(13-11-19)28(30)31)14-16-6-8-18(9-7-16)24-26-15-22(33-24)17-4-2-1-3-5-17/h1-15H. The van der Waals surface area contributed by atoms with Crippen LogP contribution in [0, 0.1) is 10.1 Å². The van der Waals surface area contributed by atoms with E-state index in [9.17, 15) is 14.9 Å². The molecule has 0 atom stereocenters. The third-order valence-corrected chi connectivity index (χ3v) is 4.96. The van der Waals surface area contributed by atoms with Gasteiger partial charge in [0.2, 0.25) is 11.8 Å². The average molecular weight is 437 g/mol. The number of nitro benzene ring substituents is 1. The molecule has 160 valence electrons. The molecule has 1 aliphatic heterocycles. The highest BCUT2D eigenvalue weighted by Crippen LogP contribution is 2.27. The Labute approximate surface area is 187 Å². The summed E-state index contributed by atoms with van der Waals surface area (Å²) in [5.41, 5.74) is 2.89. The predicted molar refractivity (Wildman–Crippen MR) is 121 cm³/mol. The number of non-ortho nitro benzene ring substituents is 1. The van der Waals surface area contributed by atoms with E-state index in [1.807, 2.05) is 54.6 Å². The highest BCUT2D eigenvalue weighted by Gasteiger charge is 2.24. The van der Waals surface area contributed by atoms with Crippen LogP contribution >= 0.6 is 0 Å². The van der Waals surface area contributed by atoms with Gasteiger partial charge in [0.15, 0.2) is 11.5 Å². The van der Waals surface area contributed by atoms with Crippen LogP contribution in [0.15, 0.2) is 100 Å². The van der Waals surface area contributed by atoms with Gasteiger partial charge in [-0.1, -0.05) is 42.5 Å². The molecule has 4 aromatic rings. The first-order valence-electron chi connectivity index (χ1n) is 9.96. The Hall–Kier alpha value is -4.85. The Morgan fingerprint density at radius 3 is 2.24 bits per heavy atom. The third kappa shape index (κ3) is 4.17. The normalized spacial score (nSPS) is 14.2. The van der Waals surface area contributed by atoms with Crippen molar-refractivity contribution in [2.75, 3.05) is 0 Å². The van der Waals surface area contributed by atoms with Crippen molar-refractivity contribution in [1.29, 1.82) is 0 Å². The molecule has 0 saturated heterocycles. The summed E-state index contributed by atoms with van der Waals surface area (Å²) in [6.07, 6.45) is 3.27. The molecule has 8 heteroatoms. The lowest BCUT2D eigenvalue weighted by atomic mass is 10.1. The number of carbonyl (C=O) groups is 1. The molecule has 0 radical (unpaired) electrons. The summed E-state index contributed by atoms with van der Waals surface area (Å²) >= 11 is 0. The van der Waals surface area contributed by atoms with E-state index in [0.29, 0.717) is 17.2 Å². The highest BCUT2D eigenvalue weighted by atomic mass is 16.6. The van der Waals surface area contributed by atoms with Crippen molar-refractivity contribution in [3.05, 3.63) is 112 Å². The number of ether oxygens (including phenoxy) is 1. The van der Waals surface area contributed by atoms with Crippen molar-refractivity contribution in [2.24, 2.45) is 4.99 Å². The summed E-state index contributed by atoms with van der Waals surface area (Å²) in [6.45, 7) is 0. The van der Waals surface area contributed by atoms with E-state index < -0.39 is 10.8 Å². The maximum atomic E-state index is 12.2. The van der Waals surface area contributed by atoms with Crippen LogP contribution in [-0.2, 0) is 9.53 Å². The van der Waals surface area contributed by atoms with Crippen LogP contribution in [0.25, 0.3) is 28.9 Å². The molecule has 0 fully saturated rings. The van der Waals surface area contributed by atoms with E-state index in [1.54, 1.807) is 12.3 Å². The van der Waals surface area contributed by atoms with Crippen molar-refractivity contribution in [3.63, 3.8) is 0 Å². The smallest absolute Gasteiger partial charge is 0.316 e. The molecule has 3 aromatic carbocycles. The number of carbonyl (C=O) groups excluding carboxylic acids is 1. The zero-order valence-electron chi connectivity index (χ0n) is 17.0. The van der Waals surface area contributed by atoms with E-state index in [1.165, 1.54) is 24.3 Å². The van der Waals surface area contributed by atoms with E-state index >= 15 is 0 Å². The lowest BCUT2D eigenvalue weighted by Gasteiger charge is -2.02. The summed E-state index contributed by atoms with van der Waals surface area (Å²) in [4.78, 5) is 30.8. The first-order valence-corrected chi connectivity index (χ1v) is 9.96. The van der Waals surface area contributed by atoms with Gasteiger partial charge in [0.05, 0.1) is 11.1 Å². The number of nitrogens with zero attached hydrogens (tertiary/aromatic N) is 3. The van der Waals surface area contributed by atoms with Crippen molar-refractivity contribution < 1.29 is 18.9 Å². The Bertz CT molecular complexity index is 1400. The summed E-state index contributed by atoms with van der Waals surface area (Å²) in [5.74, 6) is 0.819. The molecule has 0 spiro atoms. The number of nitro groups is 1. The minimum absolute atomic E-state index is 0.0542. The van der Waals surface area contributed by atoms with Gasteiger partial charge < -0.3 is 9.15 Å². The molecule has 0 bridgehead atoms. The summed E-state index contributed by atoms with van der Waals surface area (Å²) in [5, 5.41) is 10.8. The second-order valence-electron chi connectivity index (χ2n) is 7.15. The Balaban J connectivity index is 1.31. The molecule has 1 aliphatic rings. The van der Waals surface area contributed by atoms with Gasteiger partial charge in [0.25, 0.3) is 5.69 Å². The van der Waals surface area contributed by atoms with Gasteiger partial charge in [-0.2, -0.15) is 4.99 Å². The van der Waals surface area contributed by atoms with E-state index in [4.69, 9.17) is 9.15 Å². The minimum atomic E-state index is -0.521. The molecule has 2 heterocycles. The Morgan fingerprint density at radius 1 is 0.848 bits per heavy atom. The largest absolute Gasteiger partial charge is 0.436 e. The number of aromatic nitrogens is 1. The number of oxazole rings is 1. The zero-order valence-corrected chi connectivity index (χ0v) is 17.0. The van der Waals surface area contributed by atoms with E-state index in [0.717, 1.165) is 16.7 Å². The van der Waals surface area contributed by atoms with Crippen LogP contribution in [-0.4, -0.2) is 21.7 Å². The molecule has 1 amide bonds. The maximum Gasteiger partial charge on any atom is 0.316 e. The van der Waals surface area contributed by atoms with Gasteiger partial charge >= 0.3 is 5.91 Å². The molecule has 0 N–H and O–H groups in total. The fourth-order valence-electron chi connectivity index (χ4n) is 3.28. The van der Waals surface area contributed by atoms with Crippen LogP contribution in [0.4, 0.5) is 5.69 Å². The number of aliphatic imine (C=N–C) groups is 1. The van der Waals surface area contributed by atoms with E-state index in [2.05, 4.69) is 9.98 Å². The lowest BCUT2D eigenvalue weighted by Crippen LogP contribution is -2.00. The van der Waals surface area contributed by atoms with Crippen LogP contribution in [0.5, 0.6) is 0 Å². The molecular weight excluding hydrogens is 422 g/mol. The average Bonchev–Trinajstić information content (AvgIpc) is 3.48. The van der Waals surface area contributed by atoms with Crippen LogP contribution in [0.2, 0.25) is 0 Å². The quantitative estimate of drug-likeness (QED) is 0.239. The summed E-state index contributed by atoms with van der Waals surface area (Å²) < 4.78 is 11.5. The lowest BCUT2D eigenvalue weighted by molar-refractivity contribution is -0.384. The van der Waals surface area contributed by atoms with Crippen LogP contribution < -0.4 is 0 Å². The molecule has 8 nitrogen and oxygen atoms in total. The van der Waals surface area contributed by atoms with Crippen molar-refractivity contribution in [3.8, 4) is 22.8 Å². The first-order chi connectivity index (χ1) is 16.1. The fraction of sp³-hybridized carbons (Fsp3) is 0. The fourth-order valence-corrected chi connectivity index (χ4v) is 3.28. The topological polar surface area (TPSA) is 108 Å². The number of hydrogen-bond donors (Lipinski definition) is 0. The van der Waals surface area contributed by atoms with Gasteiger partial charge in [-0.15, -0.1) is 0 Å². The second-order valence-corrected chi connectivity index (χ2v) is 7.15. The highest BCUT2D eigenvalue weighted by molar-refractivity contribution is 6.14. The minimum Gasteiger partial charge on any atom is -0.436 e. The van der Waals surface area contributed by atoms with Gasteiger partial charge in [-0.25, -0.2) is 4.98 Å². The second kappa shape index (κ2) is 8.35.